The van der Waals surface area contributed by atoms with Gasteiger partial charge in [-0.2, -0.15) is 0 Å². The van der Waals surface area contributed by atoms with Crippen molar-refractivity contribution in [3.63, 3.8) is 0 Å². The number of benzene rings is 1. The number of hydrogen-bond acceptors (Lipinski definition) is 4. The quantitative estimate of drug-likeness (QED) is 0.357. The summed E-state index contributed by atoms with van der Waals surface area (Å²) in [5, 5.41) is 2.90. The summed E-state index contributed by atoms with van der Waals surface area (Å²) >= 11 is 0. The lowest BCUT2D eigenvalue weighted by Crippen LogP contribution is -2.29. The Bertz CT molecular complexity index is 1490. The van der Waals surface area contributed by atoms with E-state index in [1.165, 1.54) is 13.2 Å². The van der Waals surface area contributed by atoms with E-state index in [0.717, 1.165) is 35.3 Å². The van der Waals surface area contributed by atoms with Crippen LogP contribution in [-0.2, 0) is 13.0 Å². The van der Waals surface area contributed by atoms with Gasteiger partial charge in [-0.3, -0.25) is 14.0 Å². The van der Waals surface area contributed by atoms with Gasteiger partial charge in [-0.05, 0) is 60.7 Å². The highest BCUT2D eigenvalue weighted by Gasteiger charge is 2.19. The van der Waals surface area contributed by atoms with E-state index in [0.29, 0.717) is 28.1 Å². The largest absolute Gasteiger partial charge is 0.497 e. The Kier molecular flexibility index (Phi) is 7.24. The number of imidazole rings is 1. The highest BCUT2D eigenvalue weighted by Crippen LogP contribution is 2.30. The summed E-state index contributed by atoms with van der Waals surface area (Å²) in [7, 11) is 1.48. The van der Waals surface area contributed by atoms with Crippen LogP contribution in [0.5, 0.6) is 5.75 Å². The fourth-order valence-corrected chi connectivity index (χ4v) is 4.48. The van der Waals surface area contributed by atoms with Gasteiger partial charge in [0.2, 0.25) is 0 Å². The molecule has 1 amide bonds. The van der Waals surface area contributed by atoms with Gasteiger partial charge in [0.1, 0.15) is 23.6 Å². The number of methoxy groups -OCH3 is 1. The number of carbonyl (C=O) groups is 1. The standard InChI is InChI=1S/C28H31FN4O3/c1-6-7-18-10-17(4)32-27(34)22(18)14-30-28(35)25-12-19(21-9-8-20(36-5)13-23(21)29)11-24-26(16(2)3)31-15-33(24)25/h8-13,15-16H,6-7,14H2,1-5H3,(H,30,35)(H,32,34). The van der Waals surface area contributed by atoms with Crippen LogP contribution in [0.4, 0.5) is 4.39 Å². The van der Waals surface area contributed by atoms with Crippen LogP contribution in [0.3, 0.4) is 0 Å². The van der Waals surface area contributed by atoms with Gasteiger partial charge >= 0.3 is 0 Å². The second-order valence-electron chi connectivity index (χ2n) is 9.23. The SMILES string of the molecule is CCCc1cc(C)[nH]c(=O)c1CNC(=O)c1cc(-c2ccc(OC)cc2F)cc2c(C(C)C)ncn12. The summed E-state index contributed by atoms with van der Waals surface area (Å²) in [6, 6.07) is 10.1. The number of aromatic amines is 1. The van der Waals surface area contributed by atoms with Crippen molar-refractivity contribution < 1.29 is 13.9 Å². The van der Waals surface area contributed by atoms with Crippen LogP contribution in [0, 0.1) is 12.7 Å². The summed E-state index contributed by atoms with van der Waals surface area (Å²) in [6.07, 6.45) is 3.23. The fourth-order valence-electron chi connectivity index (χ4n) is 4.48. The lowest BCUT2D eigenvalue weighted by Gasteiger charge is -2.14. The van der Waals surface area contributed by atoms with Crippen LogP contribution in [0.1, 0.15) is 66.1 Å². The fraction of sp³-hybridized carbons (Fsp3) is 0.321. The van der Waals surface area contributed by atoms with E-state index < -0.39 is 5.82 Å². The summed E-state index contributed by atoms with van der Waals surface area (Å²) in [5.74, 6) is -0.324. The van der Waals surface area contributed by atoms with E-state index in [1.807, 2.05) is 39.8 Å². The third kappa shape index (κ3) is 4.89. The Labute approximate surface area is 209 Å². The van der Waals surface area contributed by atoms with Crippen LogP contribution < -0.4 is 15.6 Å². The van der Waals surface area contributed by atoms with Crippen molar-refractivity contribution in [3.05, 3.63) is 87.1 Å². The number of H-pyrrole nitrogens is 1. The summed E-state index contributed by atoms with van der Waals surface area (Å²) in [5.41, 5.74) is 4.77. The summed E-state index contributed by atoms with van der Waals surface area (Å²) in [6.45, 7) is 8.00. The Morgan fingerprint density at radius 2 is 2.00 bits per heavy atom. The van der Waals surface area contributed by atoms with Crippen molar-refractivity contribution >= 4 is 11.4 Å². The van der Waals surface area contributed by atoms with Gasteiger partial charge in [-0.1, -0.05) is 27.2 Å². The number of hydrogen-bond donors (Lipinski definition) is 2. The smallest absolute Gasteiger partial charge is 0.268 e. The van der Waals surface area contributed by atoms with Crippen molar-refractivity contribution in [2.45, 2.75) is 53.0 Å². The molecule has 0 unspecified atom stereocenters. The number of nitrogens with zero attached hydrogens (tertiary/aromatic N) is 2. The van der Waals surface area contributed by atoms with Crippen molar-refractivity contribution in [1.82, 2.24) is 19.7 Å². The van der Waals surface area contributed by atoms with Crippen molar-refractivity contribution in [2.24, 2.45) is 0 Å². The van der Waals surface area contributed by atoms with Crippen LogP contribution in [-0.4, -0.2) is 27.4 Å². The molecule has 3 aromatic heterocycles. The maximum absolute atomic E-state index is 15.0. The molecule has 36 heavy (non-hydrogen) atoms. The Morgan fingerprint density at radius 1 is 1.22 bits per heavy atom. The predicted molar refractivity (Wildman–Crippen MR) is 138 cm³/mol. The molecular formula is C28H31FN4O3. The number of fused-ring (bicyclic) bond motifs is 1. The van der Waals surface area contributed by atoms with Crippen LogP contribution in [0.15, 0.2) is 47.5 Å². The molecule has 0 fully saturated rings. The number of halogens is 1. The number of aryl methyl sites for hydroxylation is 2. The molecule has 188 valence electrons. The van der Waals surface area contributed by atoms with Gasteiger partial charge in [0.25, 0.3) is 11.5 Å². The normalized spacial score (nSPS) is 11.3. The monoisotopic (exact) mass is 490 g/mol. The minimum Gasteiger partial charge on any atom is -0.497 e. The molecule has 0 atom stereocenters. The molecule has 0 bridgehead atoms. The first-order valence-electron chi connectivity index (χ1n) is 12.1. The van der Waals surface area contributed by atoms with Gasteiger partial charge in [0.05, 0.1) is 18.3 Å². The number of nitrogens with one attached hydrogen (secondary N) is 2. The highest BCUT2D eigenvalue weighted by atomic mass is 19.1. The molecule has 3 heterocycles. The number of carbonyl (C=O) groups excluding carboxylic acids is 1. The van der Waals surface area contributed by atoms with Crippen molar-refractivity contribution in [1.29, 1.82) is 0 Å². The summed E-state index contributed by atoms with van der Waals surface area (Å²) < 4.78 is 21.8. The lowest BCUT2D eigenvalue weighted by molar-refractivity contribution is 0.0944. The topological polar surface area (TPSA) is 88.5 Å². The molecule has 0 radical (unpaired) electrons. The zero-order valence-electron chi connectivity index (χ0n) is 21.2. The first kappa shape index (κ1) is 25.2. The maximum atomic E-state index is 15.0. The molecule has 1 aromatic carbocycles. The molecule has 8 heteroatoms. The highest BCUT2D eigenvalue weighted by molar-refractivity contribution is 5.95. The third-order valence-corrected chi connectivity index (χ3v) is 6.25. The molecule has 0 aliphatic carbocycles. The molecule has 4 aromatic rings. The minimum atomic E-state index is -0.453. The van der Waals surface area contributed by atoms with Crippen LogP contribution >= 0.6 is 0 Å². The second-order valence-corrected chi connectivity index (χ2v) is 9.23. The lowest BCUT2D eigenvalue weighted by atomic mass is 10.0. The zero-order chi connectivity index (χ0) is 26.0. The number of amides is 1. The number of pyridine rings is 2. The van der Waals surface area contributed by atoms with Crippen LogP contribution in [0.2, 0.25) is 0 Å². The number of rotatable bonds is 8. The van der Waals surface area contributed by atoms with E-state index in [2.05, 4.69) is 15.3 Å². The van der Waals surface area contributed by atoms with Crippen LogP contribution in [0.25, 0.3) is 16.6 Å². The Balaban J connectivity index is 1.77. The van der Waals surface area contributed by atoms with Gasteiger partial charge < -0.3 is 15.0 Å². The molecule has 0 spiro atoms. The second kappa shape index (κ2) is 10.4. The zero-order valence-corrected chi connectivity index (χ0v) is 21.2. The maximum Gasteiger partial charge on any atom is 0.268 e. The van der Waals surface area contributed by atoms with Gasteiger partial charge in [-0.15, -0.1) is 0 Å². The first-order valence-corrected chi connectivity index (χ1v) is 12.1. The minimum absolute atomic E-state index is 0.0815. The first-order chi connectivity index (χ1) is 17.2. The molecule has 0 saturated heterocycles. The molecule has 0 aliphatic heterocycles. The van der Waals surface area contributed by atoms with E-state index in [-0.39, 0.29) is 23.9 Å². The average molecular weight is 491 g/mol. The van der Waals surface area contributed by atoms with E-state index >= 15 is 0 Å². The van der Waals surface area contributed by atoms with Gasteiger partial charge in [0, 0.05) is 29.4 Å². The molecule has 0 aliphatic rings. The molecular weight excluding hydrogens is 459 g/mol. The molecule has 7 nitrogen and oxygen atoms in total. The van der Waals surface area contributed by atoms with Gasteiger partial charge in [-0.25, -0.2) is 9.37 Å². The third-order valence-electron chi connectivity index (χ3n) is 6.25. The van der Waals surface area contributed by atoms with Crippen molar-refractivity contribution in [2.75, 3.05) is 7.11 Å². The van der Waals surface area contributed by atoms with E-state index in [1.54, 1.807) is 28.9 Å². The number of aromatic nitrogens is 3. The molecule has 0 saturated carbocycles. The molecule has 2 N–H and O–H groups in total. The predicted octanol–water partition coefficient (Wildman–Crippen LogP) is 5.15. The summed E-state index contributed by atoms with van der Waals surface area (Å²) in [4.78, 5) is 33.4. The van der Waals surface area contributed by atoms with E-state index in [4.69, 9.17) is 4.74 Å². The van der Waals surface area contributed by atoms with Gasteiger partial charge in [0.15, 0.2) is 0 Å². The van der Waals surface area contributed by atoms with E-state index in [9.17, 15) is 14.0 Å². The molecule has 4 rings (SSSR count). The average Bonchev–Trinajstić information content (AvgIpc) is 3.27. The Hall–Kier alpha value is -3.94. The Morgan fingerprint density at radius 3 is 2.67 bits per heavy atom. The van der Waals surface area contributed by atoms with Crippen molar-refractivity contribution in [3.8, 4) is 16.9 Å². The number of ether oxygens (including phenoxy) is 1.